The molecule has 8 rings (SSSR count). The van der Waals surface area contributed by atoms with Crippen molar-refractivity contribution in [1.29, 1.82) is 0 Å². The van der Waals surface area contributed by atoms with Gasteiger partial charge in [0.1, 0.15) is 11.4 Å². The highest BCUT2D eigenvalue weighted by molar-refractivity contribution is 7.26. The minimum absolute atomic E-state index is 0.0628. The number of para-hydroxylation sites is 1. The molecule has 0 saturated carbocycles. The summed E-state index contributed by atoms with van der Waals surface area (Å²) >= 11 is 1.79. The van der Waals surface area contributed by atoms with Crippen molar-refractivity contribution in [3.8, 4) is 11.1 Å². The van der Waals surface area contributed by atoms with E-state index < -0.39 is 0 Å². The van der Waals surface area contributed by atoms with E-state index in [1.807, 2.05) is 31.2 Å². The maximum absolute atomic E-state index is 12.4. The van der Waals surface area contributed by atoms with E-state index in [0.29, 0.717) is 24.5 Å². The molecule has 2 aliphatic rings. The Morgan fingerprint density at radius 1 is 0.854 bits per heavy atom. The average Bonchev–Trinajstić information content (AvgIpc) is 3.87. The number of nitrogens with one attached hydrogen (secondary N) is 3. The Hall–Kier alpha value is -5.16. The molecule has 0 bridgehead atoms. The van der Waals surface area contributed by atoms with Gasteiger partial charge >= 0.3 is 0 Å². The van der Waals surface area contributed by atoms with Crippen LogP contribution >= 0.6 is 11.3 Å². The van der Waals surface area contributed by atoms with E-state index in [0.717, 1.165) is 61.6 Å². The lowest BCUT2D eigenvalue weighted by molar-refractivity contribution is -0.117. The van der Waals surface area contributed by atoms with E-state index in [-0.39, 0.29) is 25.0 Å². The highest BCUT2D eigenvalue weighted by Gasteiger charge is 2.25. The molecule has 2 aromatic heterocycles. The number of benzene rings is 4. The topological polar surface area (TPSA) is 145 Å². The van der Waals surface area contributed by atoms with Gasteiger partial charge in [-0.25, -0.2) is 9.98 Å². The Morgan fingerprint density at radius 3 is 2.44 bits per heavy atom. The first kappa shape index (κ1) is 31.4. The number of aliphatic hydroxyl groups is 1. The van der Waals surface area contributed by atoms with Crippen molar-refractivity contribution in [3.05, 3.63) is 106 Å². The quantitative estimate of drug-likeness (QED) is 0.148. The predicted molar refractivity (Wildman–Crippen MR) is 193 cm³/mol. The maximum atomic E-state index is 12.4. The maximum Gasteiger partial charge on any atom is 0.270 e. The van der Waals surface area contributed by atoms with Crippen LogP contribution in [0.2, 0.25) is 0 Å². The molecular formula is C38H36N6O3S. The molecule has 6 N–H and O–H groups in total. The third-order valence-electron chi connectivity index (χ3n) is 8.95. The number of thiophene rings is 1. The van der Waals surface area contributed by atoms with Gasteiger partial charge in [-0.05, 0) is 80.8 Å². The number of aromatic amines is 1. The van der Waals surface area contributed by atoms with Gasteiger partial charge in [0.2, 0.25) is 0 Å². The number of carbonyl (C=O) groups excluding carboxylic acids is 2. The molecule has 9 nitrogen and oxygen atoms in total. The van der Waals surface area contributed by atoms with Crippen LogP contribution in [0.1, 0.15) is 40.5 Å². The molecule has 10 heteroatoms. The number of hydrogen-bond donors (Lipinski definition) is 5. The van der Waals surface area contributed by atoms with Crippen molar-refractivity contribution in [2.24, 2.45) is 15.7 Å². The van der Waals surface area contributed by atoms with Crippen LogP contribution in [0, 0.1) is 13.8 Å². The van der Waals surface area contributed by atoms with Crippen LogP contribution in [0.4, 0.5) is 5.69 Å². The highest BCUT2D eigenvalue weighted by Crippen LogP contribution is 2.39. The molecule has 4 heterocycles. The van der Waals surface area contributed by atoms with Crippen LogP contribution in [0.5, 0.6) is 0 Å². The molecule has 0 spiro atoms. The van der Waals surface area contributed by atoms with Crippen molar-refractivity contribution in [2.45, 2.75) is 27.2 Å². The molecule has 2 amide bonds. The van der Waals surface area contributed by atoms with Crippen molar-refractivity contribution < 1.29 is 14.7 Å². The minimum atomic E-state index is -0.192. The normalized spacial score (nSPS) is 12.7. The Bertz CT molecular complexity index is 2440. The Morgan fingerprint density at radius 2 is 1.62 bits per heavy atom. The van der Waals surface area contributed by atoms with Gasteiger partial charge < -0.3 is 26.5 Å². The Labute approximate surface area is 280 Å². The number of nitrogens with two attached hydrogens (primary N) is 1. The first-order chi connectivity index (χ1) is 23.3. The fourth-order valence-electron chi connectivity index (χ4n) is 6.59. The molecular weight excluding hydrogens is 621 g/mol. The zero-order valence-electron chi connectivity index (χ0n) is 27.0. The molecule has 2 aliphatic heterocycles. The van der Waals surface area contributed by atoms with Crippen LogP contribution in [0.25, 0.3) is 47.8 Å². The number of nitrogens with zero attached hydrogens (tertiary/aromatic N) is 2. The summed E-state index contributed by atoms with van der Waals surface area (Å²) < 4.78 is 2.54. The van der Waals surface area contributed by atoms with E-state index in [1.165, 1.54) is 25.7 Å². The Balaban J connectivity index is 0.000000152. The molecule has 48 heavy (non-hydrogen) atoms. The summed E-state index contributed by atoms with van der Waals surface area (Å²) in [4.78, 5) is 37.1. The molecule has 0 radical (unpaired) electrons. The lowest BCUT2D eigenvalue weighted by Crippen LogP contribution is -2.27. The number of aryl methyl sites for hydroxylation is 1. The number of aromatic nitrogens is 1. The minimum Gasteiger partial charge on any atom is -0.395 e. The molecule has 6 aromatic rings. The van der Waals surface area contributed by atoms with Crippen molar-refractivity contribution in [3.63, 3.8) is 0 Å². The lowest BCUT2D eigenvalue weighted by atomic mass is 9.96. The monoisotopic (exact) mass is 656 g/mol. The predicted octanol–water partition coefficient (Wildman–Crippen LogP) is 5.32. The van der Waals surface area contributed by atoms with Crippen LogP contribution in [-0.4, -0.2) is 48.1 Å². The largest absolute Gasteiger partial charge is 0.395 e. The van der Waals surface area contributed by atoms with Crippen LogP contribution in [0.3, 0.4) is 0 Å². The van der Waals surface area contributed by atoms with Gasteiger partial charge in [0.15, 0.2) is 0 Å². The SMILES string of the molecule is CC1=C(C(=O)NCCCN)N=c2cc3c(c(C)c21)=Nc1ccccc1-3.Cc1c2cc(C(=O)NCCO)[nH]c2cc2c1sc1ccccc12. The lowest BCUT2D eigenvalue weighted by Gasteiger charge is -2.06. The third-order valence-corrected chi connectivity index (χ3v) is 10.3. The van der Waals surface area contributed by atoms with Crippen molar-refractivity contribution in [1.82, 2.24) is 15.6 Å². The average molecular weight is 657 g/mol. The molecule has 0 atom stereocenters. The van der Waals surface area contributed by atoms with E-state index >= 15 is 0 Å². The summed E-state index contributed by atoms with van der Waals surface area (Å²) in [6.45, 7) is 7.43. The first-order valence-electron chi connectivity index (χ1n) is 16.0. The van der Waals surface area contributed by atoms with E-state index in [4.69, 9.17) is 15.8 Å². The smallest absolute Gasteiger partial charge is 0.270 e. The standard InChI is InChI=1S/C20H20N4O.C18H16N2O2S/c1-11-17-12(2)19(20(25)22-9-5-8-21)24-16(17)10-14-13-6-3-4-7-15(13)23-18(11)14;1-10-12-8-15(18(22)19-6-7-21)20-14(12)9-13-11-4-2-3-5-16(11)23-17(10)13/h3-4,6-7,10H,5,8-9,21H2,1-2H3,(H,22,25);2-5,8-9,20-21H,6-7H2,1H3,(H,19,22). The highest BCUT2D eigenvalue weighted by atomic mass is 32.1. The van der Waals surface area contributed by atoms with Crippen LogP contribution in [-0.2, 0) is 4.79 Å². The number of fused-ring (bicyclic) bond motifs is 8. The zero-order chi connectivity index (χ0) is 33.5. The summed E-state index contributed by atoms with van der Waals surface area (Å²) in [5, 5.41) is 19.8. The number of carbonyl (C=O) groups is 2. The van der Waals surface area contributed by atoms with Gasteiger partial charge in [-0.15, -0.1) is 11.3 Å². The van der Waals surface area contributed by atoms with Crippen LogP contribution in [0.15, 0.2) is 82.4 Å². The number of hydrogen-bond acceptors (Lipinski definition) is 7. The van der Waals surface area contributed by atoms with Gasteiger partial charge in [0.25, 0.3) is 11.8 Å². The number of rotatable bonds is 7. The summed E-state index contributed by atoms with van der Waals surface area (Å²) in [5.74, 6) is -0.332. The summed E-state index contributed by atoms with van der Waals surface area (Å²) in [6, 6.07) is 22.6. The molecule has 0 aliphatic carbocycles. The fraction of sp³-hybridized carbons (Fsp3) is 0.211. The first-order valence-corrected chi connectivity index (χ1v) is 16.8. The van der Waals surface area contributed by atoms with Crippen molar-refractivity contribution in [2.75, 3.05) is 26.2 Å². The fourth-order valence-corrected chi connectivity index (χ4v) is 7.78. The second-order valence-corrected chi connectivity index (χ2v) is 13.1. The number of amides is 2. The third kappa shape index (κ3) is 5.37. The zero-order valence-corrected chi connectivity index (χ0v) is 27.8. The number of allylic oxidation sites excluding steroid dienone is 1. The van der Waals surface area contributed by atoms with Crippen molar-refractivity contribution >= 4 is 65.5 Å². The van der Waals surface area contributed by atoms with E-state index in [9.17, 15) is 9.59 Å². The molecule has 4 aromatic carbocycles. The van der Waals surface area contributed by atoms with Gasteiger partial charge in [-0.1, -0.05) is 36.4 Å². The second-order valence-electron chi connectivity index (χ2n) is 12.0. The molecule has 0 unspecified atom stereocenters. The summed E-state index contributed by atoms with van der Waals surface area (Å²) in [5.41, 5.74) is 14.9. The Kier molecular flexibility index (Phi) is 8.38. The van der Waals surface area contributed by atoms with Gasteiger partial charge in [0, 0.05) is 60.9 Å². The van der Waals surface area contributed by atoms with Gasteiger partial charge in [-0.2, -0.15) is 0 Å². The van der Waals surface area contributed by atoms with E-state index in [2.05, 4.69) is 76.9 Å². The molecule has 0 fully saturated rings. The second kappa shape index (κ2) is 12.8. The summed E-state index contributed by atoms with van der Waals surface area (Å²) in [7, 11) is 0. The van der Waals surface area contributed by atoms with E-state index in [1.54, 1.807) is 11.3 Å². The summed E-state index contributed by atoms with van der Waals surface area (Å²) in [6.07, 6.45) is 0.758. The van der Waals surface area contributed by atoms with Gasteiger partial charge in [-0.3, -0.25) is 9.59 Å². The molecule has 0 saturated heterocycles. The van der Waals surface area contributed by atoms with Gasteiger partial charge in [0.05, 0.1) is 23.0 Å². The number of aliphatic hydroxyl groups excluding tert-OH is 1. The van der Waals surface area contributed by atoms with Crippen LogP contribution < -0.4 is 27.1 Å². The molecule has 242 valence electrons. The number of H-pyrrole nitrogens is 1.